The number of hydrogen-bond acceptors (Lipinski definition) is 9. The molecule has 9 nitrogen and oxygen atoms in total. The largest absolute Gasteiger partial charge is 0.475 e. The average Bonchev–Trinajstić information content (AvgIpc) is 3.01. The van der Waals surface area contributed by atoms with Gasteiger partial charge < -0.3 is 17.7 Å². The van der Waals surface area contributed by atoms with E-state index in [0.29, 0.717) is 6.61 Å². The molecule has 0 bridgehead atoms. The number of phosphoric ester groups is 1. The molecule has 0 amide bonds. The molecule has 1 unspecified atom stereocenters. The summed E-state index contributed by atoms with van der Waals surface area (Å²) in [6.07, 6.45) is -0.0389. The van der Waals surface area contributed by atoms with Crippen molar-refractivity contribution in [2.45, 2.75) is 71.3 Å². The summed E-state index contributed by atoms with van der Waals surface area (Å²) >= 11 is 0. The number of rotatable bonds is 15. The normalized spacial score (nSPS) is 17.9. The maximum absolute atomic E-state index is 12.4. The molecule has 0 saturated carbocycles. The van der Waals surface area contributed by atoms with Gasteiger partial charge in [-0.1, -0.05) is 6.58 Å². The van der Waals surface area contributed by atoms with Crippen LogP contribution >= 0.6 is 7.82 Å². The third kappa shape index (κ3) is 12.9. The second kappa shape index (κ2) is 12.5. The zero-order valence-corrected chi connectivity index (χ0v) is 24.8. The van der Waals surface area contributed by atoms with Crippen molar-refractivity contribution in [1.82, 2.24) is 0 Å². The van der Waals surface area contributed by atoms with Crippen molar-refractivity contribution in [2.24, 2.45) is 0 Å². The van der Waals surface area contributed by atoms with Crippen LogP contribution in [0.2, 0.25) is 51.9 Å². The average molecular weight is 529 g/mol. The summed E-state index contributed by atoms with van der Waals surface area (Å²) in [5, 5.41) is 0. The van der Waals surface area contributed by atoms with E-state index in [-0.39, 0.29) is 32.0 Å². The van der Waals surface area contributed by atoms with Crippen LogP contribution in [0.15, 0.2) is 12.2 Å². The molecular formula is C19H41O9PSi3. The van der Waals surface area contributed by atoms with E-state index in [1.54, 1.807) is 6.92 Å². The van der Waals surface area contributed by atoms with Crippen molar-refractivity contribution in [1.29, 1.82) is 0 Å². The van der Waals surface area contributed by atoms with Crippen LogP contribution in [0.3, 0.4) is 0 Å². The lowest BCUT2D eigenvalue weighted by Gasteiger charge is -2.38. The summed E-state index contributed by atoms with van der Waals surface area (Å²) in [5.41, 5.74) is 0.263. The monoisotopic (exact) mass is 528 g/mol. The predicted molar refractivity (Wildman–Crippen MR) is 131 cm³/mol. The molecule has 0 spiro atoms. The molecule has 0 aliphatic carbocycles. The van der Waals surface area contributed by atoms with E-state index in [1.165, 1.54) is 0 Å². The first-order valence-corrected chi connectivity index (χ1v) is 21.7. The molecule has 1 aliphatic heterocycles. The molecule has 0 radical (unpaired) electrons. The molecule has 0 aromatic rings. The molecule has 1 rings (SSSR count). The van der Waals surface area contributed by atoms with Crippen LogP contribution in [-0.2, 0) is 40.6 Å². The smallest absolute Gasteiger partial charge is 0.459 e. The predicted octanol–water partition coefficient (Wildman–Crippen LogP) is 4.83. The number of esters is 1. The quantitative estimate of drug-likeness (QED) is 0.0973. The van der Waals surface area contributed by atoms with Gasteiger partial charge in [-0.15, -0.1) is 0 Å². The number of carbonyl (C=O) groups is 1. The van der Waals surface area contributed by atoms with Crippen molar-refractivity contribution < 1.29 is 40.6 Å². The first kappa shape index (κ1) is 29.9. The van der Waals surface area contributed by atoms with Crippen LogP contribution in [0.25, 0.3) is 0 Å². The highest BCUT2D eigenvalue weighted by atomic mass is 31.2. The first-order chi connectivity index (χ1) is 14.5. The molecule has 0 aromatic carbocycles. The highest BCUT2D eigenvalue weighted by Gasteiger charge is 2.40. The van der Waals surface area contributed by atoms with Crippen molar-refractivity contribution in [2.75, 3.05) is 33.0 Å². The van der Waals surface area contributed by atoms with Gasteiger partial charge in [-0.2, -0.15) is 0 Å². The lowest BCUT2D eigenvalue weighted by molar-refractivity contribution is -0.142. The van der Waals surface area contributed by atoms with Gasteiger partial charge in [0, 0.05) is 12.2 Å². The first-order valence-electron chi connectivity index (χ1n) is 10.9. The number of phosphoric acid groups is 1. The van der Waals surface area contributed by atoms with Gasteiger partial charge in [-0.3, -0.25) is 13.6 Å². The fourth-order valence-electron chi connectivity index (χ4n) is 3.11. The Morgan fingerprint density at radius 2 is 1.53 bits per heavy atom. The lowest BCUT2D eigenvalue weighted by atomic mass is 10.3. The van der Waals surface area contributed by atoms with Crippen LogP contribution in [-0.4, -0.2) is 70.3 Å². The third-order valence-corrected chi connectivity index (χ3v) is 15.0. The Morgan fingerprint density at radius 3 is 2.00 bits per heavy atom. The van der Waals surface area contributed by atoms with Crippen LogP contribution in [0.4, 0.5) is 0 Å². The van der Waals surface area contributed by atoms with E-state index in [2.05, 4.69) is 52.4 Å². The lowest BCUT2D eigenvalue weighted by Crippen LogP contribution is -2.52. The van der Waals surface area contributed by atoms with Gasteiger partial charge in [-0.05, 0) is 65.2 Å². The van der Waals surface area contributed by atoms with E-state index in [9.17, 15) is 9.36 Å². The Morgan fingerprint density at radius 1 is 1.00 bits per heavy atom. The Bertz CT molecular complexity index is 650. The standard InChI is InChI=1S/C19H41O9PSi3/c1-17(2)19(20)23-16-18(26-29(21)24-12-13-25-29)15-22-11-10-14-32(9,27-30(3,4)5)28-31(6,7)8/h18H,1,10-16H2,2-9H3. The molecule has 1 saturated heterocycles. The molecular weight excluding hydrogens is 487 g/mol. The van der Waals surface area contributed by atoms with Crippen molar-refractivity contribution in [3.63, 3.8) is 0 Å². The number of carbonyl (C=O) groups excluding carboxylic acids is 1. The summed E-state index contributed by atoms with van der Waals surface area (Å²) in [6, 6.07) is 0.808. The minimum atomic E-state index is -3.66. The van der Waals surface area contributed by atoms with Crippen LogP contribution in [0.5, 0.6) is 0 Å². The molecule has 13 heteroatoms. The molecule has 188 valence electrons. The van der Waals surface area contributed by atoms with Gasteiger partial charge in [0.25, 0.3) is 0 Å². The van der Waals surface area contributed by atoms with Crippen molar-refractivity contribution >= 4 is 39.0 Å². The number of hydrogen-bond donors (Lipinski definition) is 0. The Labute approximate surface area is 196 Å². The molecule has 32 heavy (non-hydrogen) atoms. The topological polar surface area (TPSA) is 98.8 Å². The highest BCUT2D eigenvalue weighted by Crippen LogP contribution is 2.53. The molecule has 1 aliphatic rings. The molecule has 1 fully saturated rings. The molecule has 0 N–H and O–H groups in total. The van der Waals surface area contributed by atoms with Crippen LogP contribution in [0, 0.1) is 0 Å². The van der Waals surface area contributed by atoms with Gasteiger partial charge in [0.2, 0.25) is 0 Å². The fraction of sp³-hybridized carbons (Fsp3) is 0.842. The summed E-state index contributed by atoms with van der Waals surface area (Å²) in [7, 11) is -9.50. The van der Waals surface area contributed by atoms with Crippen LogP contribution < -0.4 is 0 Å². The van der Waals surface area contributed by atoms with Gasteiger partial charge in [0.1, 0.15) is 12.7 Å². The second-order valence-electron chi connectivity index (χ2n) is 9.96. The van der Waals surface area contributed by atoms with Gasteiger partial charge in [0.15, 0.2) is 16.6 Å². The third-order valence-electron chi connectivity index (χ3n) is 3.88. The minimum Gasteiger partial charge on any atom is -0.459 e. The van der Waals surface area contributed by atoms with E-state index in [1.807, 2.05) is 0 Å². The van der Waals surface area contributed by atoms with E-state index >= 15 is 0 Å². The van der Waals surface area contributed by atoms with E-state index in [4.69, 9.17) is 31.3 Å². The minimum absolute atomic E-state index is 0.0716. The zero-order valence-electron chi connectivity index (χ0n) is 20.9. The Balaban J connectivity index is 2.60. The molecule has 1 atom stereocenters. The SMILES string of the molecule is C=C(C)C(=O)OCC(COCCC[Si](C)(O[Si](C)(C)C)O[Si](C)(C)C)OP1(=O)OCCO1. The zero-order chi connectivity index (χ0) is 24.6. The van der Waals surface area contributed by atoms with E-state index in [0.717, 1.165) is 12.5 Å². The maximum atomic E-state index is 12.4. The summed E-state index contributed by atoms with van der Waals surface area (Å²) in [4.78, 5) is 11.7. The maximum Gasteiger partial charge on any atom is 0.475 e. The van der Waals surface area contributed by atoms with Gasteiger partial charge in [0.05, 0.1) is 19.8 Å². The summed E-state index contributed by atoms with van der Waals surface area (Å²) in [5.74, 6) is -0.557. The summed E-state index contributed by atoms with van der Waals surface area (Å²) < 4.78 is 51.9. The second-order valence-corrected chi connectivity index (χ2v) is 24.4. The molecule has 0 aromatic heterocycles. The summed E-state index contributed by atoms with van der Waals surface area (Å²) in [6.45, 7) is 21.0. The van der Waals surface area contributed by atoms with Gasteiger partial charge in [-0.25, -0.2) is 9.36 Å². The Kier molecular flexibility index (Phi) is 11.7. The van der Waals surface area contributed by atoms with E-state index < -0.39 is 45.1 Å². The Hall–Kier alpha value is -0.149. The fourth-order valence-corrected chi connectivity index (χ4v) is 16.9. The van der Waals surface area contributed by atoms with Crippen molar-refractivity contribution in [3.05, 3.63) is 12.2 Å². The van der Waals surface area contributed by atoms with Gasteiger partial charge >= 0.3 is 22.4 Å². The highest BCUT2D eigenvalue weighted by molar-refractivity contribution is 7.48. The van der Waals surface area contributed by atoms with Crippen LogP contribution in [0.1, 0.15) is 13.3 Å². The number of ether oxygens (including phenoxy) is 2. The molecule has 1 heterocycles. The van der Waals surface area contributed by atoms with Crippen molar-refractivity contribution in [3.8, 4) is 0 Å².